The summed E-state index contributed by atoms with van der Waals surface area (Å²) in [6.45, 7) is 6.04. The van der Waals surface area contributed by atoms with Crippen molar-refractivity contribution in [1.82, 2.24) is 14.5 Å². The highest BCUT2D eigenvalue weighted by Crippen LogP contribution is 2.25. The lowest BCUT2D eigenvalue weighted by Gasteiger charge is -2.36. The van der Waals surface area contributed by atoms with Crippen LogP contribution in [0.25, 0.3) is 0 Å². The van der Waals surface area contributed by atoms with Crippen molar-refractivity contribution in [2.24, 2.45) is 0 Å². The first-order valence-electron chi connectivity index (χ1n) is 9.05. The molecule has 2 aromatic rings. The number of rotatable bonds is 6. The Morgan fingerprint density at radius 2 is 2.29 bits per heavy atom. The molecule has 4 nitrogen and oxygen atoms in total. The van der Waals surface area contributed by atoms with Gasteiger partial charge < -0.3 is 9.47 Å². The molecule has 0 aromatic carbocycles. The van der Waals surface area contributed by atoms with Crippen molar-refractivity contribution in [3.05, 3.63) is 40.1 Å². The van der Waals surface area contributed by atoms with Gasteiger partial charge in [-0.25, -0.2) is 4.98 Å². The van der Waals surface area contributed by atoms with Crippen LogP contribution < -0.4 is 0 Å². The minimum Gasteiger partial charge on any atom is -0.336 e. The van der Waals surface area contributed by atoms with E-state index in [4.69, 9.17) is 0 Å². The highest BCUT2D eigenvalue weighted by molar-refractivity contribution is 7.10. The Kier molecular flexibility index (Phi) is 5.72. The summed E-state index contributed by atoms with van der Waals surface area (Å²) < 4.78 is 2.18. The first kappa shape index (κ1) is 17.2. The van der Waals surface area contributed by atoms with Crippen LogP contribution in [0, 0.1) is 6.92 Å². The molecule has 0 saturated carbocycles. The fraction of sp³-hybridized carbons (Fsp3) is 0.579. The van der Waals surface area contributed by atoms with Gasteiger partial charge >= 0.3 is 0 Å². The van der Waals surface area contributed by atoms with Crippen LogP contribution in [0.5, 0.6) is 0 Å². The number of hydrogen-bond donors (Lipinski definition) is 0. The average molecular weight is 346 g/mol. The summed E-state index contributed by atoms with van der Waals surface area (Å²) in [6, 6.07) is 2.45. The molecule has 24 heavy (non-hydrogen) atoms. The van der Waals surface area contributed by atoms with E-state index in [2.05, 4.69) is 27.4 Å². The van der Waals surface area contributed by atoms with Crippen LogP contribution in [0.2, 0.25) is 0 Å². The second-order valence-electron chi connectivity index (χ2n) is 6.66. The molecule has 1 atom stereocenters. The molecule has 0 bridgehead atoms. The third-order valence-corrected chi connectivity index (χ3v) is 5.91. The van der Waals surface area contributed by atoms with Gasteiger partial charge in [-0.2, -0.15) is 0 Å². The quantitative estimate of drug-likeness (QED) is 0.783. The van der Waals surface area contributed by atoms with Crippen LogP contribution in [-0.4, -0.2) is 32.9 Å². The Bertz CT molecular complexity index is 676. The summed E-state index contributed by atoms with van der Waals surface area (Å²) in [6.07, 6.45) is 10.5. The fourth-order valence-electron chi connectivity index (χ4n) is 3.53. The predicted octanol–water partition coefficient (Wildman–Crippen LogP) is 4.29. The second kappa shape index (κ2) is 7.97. The summed E-state index contributed by atoms with van der Waals surface area (Å²) >= 11 is 1.72. The molecule has 1 aliphatic heterocycles. The lowest BCUT2D eigenvalue weighted by molar-refractivity contribution is 0.0596. The fourth-order valence-corrected chi connectivity index (χ4v) is 4.50. The smallest absolute Gasteiger partial charge is 0.254 e. The predicted molar refractivity (Wildman–Crippen MR) is 98.6 cm³/mol. The molecule has 3 heterocycles. The zero-order chi connectivity index (χ0) is 16.9. The Hall–Kier alpha value is -1.62. The number of hydrogen-bond acceptors (Lipinski definition) is 3. The molecular formula is C19H27N3OS. The molecule has 1 amide bonds. The molecular weight excluding hydrogens is 318 g/mol. The lowest BCUT2D eigenvalue weighted by Crippen LogP contribution is -2.44. The van der Waals surface area contributed by atoms with Crippen LogP contribution in [0.3, 0.4) is 0 Å². The Balaban J connectivity index is 1.66. The normalized spacial score (nSPS) is 18.1. The third kappa shape index (κ3) is 3.89. The van der Waals surface area contributed by atoms with E-state index in [-0.39, 0.29) is 5.91 Å². The van der Waals surface area contributed by atoms with Gasteiger partial charge in [0.25, 0.3) is 5.91 Å². The molecule has 1 fully saturated rings. The zero-order valence-corrected chi connectivity index (χ0v) is 15.5. The number of imidazole rings is 1. The first-order chi connectivity index (χ1) is 11.7. The standard InChI is InChI=1S/C19H27N3OS/c1-3-6-18-13-16(14-24-18)19(23)22-10-5-4-7-17(22)8-11-21-12-9-20-15(21)2/h9,12-14,17H,3-8,10-11H2,1-2H3. The van der Waals surface area contributed by atoms with E-state index in [0.29, 0.717) is 6.04 Å². The summed E-state index contributed by atoms with van der Waals surface area (Å²) in [5, 5.41) is 2.04. The Morgan fingerprint density at radius 3 is 3.04 bits per heavy atom. The number of aryl methyl sites for hydroxylation is 3. The van der Waals surface area contributed by atoms with E-state index >= 15 is 0 Å². The highest BCUT2D eigenvalue weighted by Gasteiger charge is 2.27. The van der Waals surface area contributed by atoms with Crippen molar-refractivity contribution in [1.29, 1.82) is 0 Å². The molecule has 3 rings (SSSR count). The van der Waals surface area contributed by atoms with Gasteiger partial charge in [-0.3, -0.25) is 4.79 Å². The van der Waals surface area contributed by atoms with Crippen LogP contribution in [0.15, 0.2) is 23.8 Å². The number of likely N-dealkylation sites (tertiary alicyclic amines) is 1. The highest BCUT2D eigenvalue weighted by atomic mass is 32.1. The average Bonchev–Trinajstić information content (AvgIpc) is 3.22. The van der Waals surface area contributed by atoms with Gasteiger partial charge in [-0.15, -0.1) is 11.3 Å². The van der Waals surface area contributed by atoms with Gasteiger partial charge in [0.15, 0.2) is 0 Å². The molecule has 0 aliphatic carbocycles. The molecule has 1 aliphatic rings. The van der Waals surface area contributed by atoms with Crippen molar-refractivity contribution >= 4 is 17.2 Å². The molecule has 0 radical (unpaired) electrons. The monoisotopic (exact) mass is 345 g/mol. The largest absolute Gasteiger partial charge is 0.336 e. The SMILES string of the molecule is CCCc1cc(C(=O)N2CCCCC2CCn2ccnc2C)cs1. The Morgan fingerprint density at radius 1 is 1.42 bits per heavy atom. The van der Waals surface area contributed by atoms with Crippen LogP contribution in [0.1, 0.15) is 60.1 Å². The van der Waals surface area contributed by atoms with Gasteiger partial charge in [0.1, 0.15) is 5.82 Å². The summed E-state index contributed by atoms with van der Waals surface area (Å²) in [5.41, 5.74) is 0.883. The van der Waals surface area contributed by atoms with Gasteiger partial charge in [-0.1, -0.05) is 13.3 Å². The molecule has 2 aromatic heterocycles. The lowest BCUT2D eigenvalue weighted by atomic mass is 9.98. The van der Waals surface area contributed by atoms with Crippen molar-refractivity contribution in [3.8, 4) is 0 Å². The van der Waals surface area contributed by atoms with Crippen molar-refractivity contribution in [2.75, 3.05) is 6.54 Å². The number of thiophene rings is 1. The van der Waals surface area contributed by atoms with Crippen molar-refractivity contribution in [3.63, 3.8) is 0 Å². The number of piperidine rings is 1. The van der Waals surface area contributed by atoms with Gasteiger partial charge in [0.05, 0.1) is 5.56 Å². The molecule has 5 heteroatoms. The van der Waals surface area contributed by atoms with Crippen LogP contribution in [-0.2, 0) is 13.0 Å². The van der Waals surface area contributed by atoms with E-state index in [1.165, 1.54) is 11.3 Å². The summed E-state index contributed by atoms with van der Waals surface area (Å²) in [7, 11) is 0. The van der Waals surface area contributed by atoms with Crippen molar-refractivity contribution in [2.45, 2.75) is 65.0 Å². The first-order valence-corrected chi connectivity index (χ1v) is 9.93. The van der Waals surface area contributed by atoms with E-state index in [1.807, 2.05) is 24.7 Å². The Labute approximate surface area is 148 Å². The van der Waals surface area contributed by atoms with Gasteiger partial charge in [-0.05, 0) is 45.1 Å². The minimum atomic E-state index is 0.223. The van der Waals surface area contributed by atoms with E-state index in [1.54, 1.807) is 11.3 Å². The number of carbonyl (C=O) groups is 1. The zero-order valence-electron chi connectivity index (χ0n) is 14.7. The van der Waals surface area contributed by atoms with Gasteiger partial charge in [0, 0.05) is 41.8 Å². The number of carbonyl (C=O) groups excluding carboxylic acids is 1. The molecule has 0 N–H and O–H groups in total. The summed E-state index contributed by atoms with van der Waals surface area (Å²) in [4.78, 5) is 20.7. The third-order valence-electron chi connectivity index (χ3n) is 4.91. The number of nitrogens with zero attached hydrogens (tertiary/aromatic N) is 3. The van der Waals surface area contributed by atoms with E-state index < -0.39 is 0 Å². The summed E-state index contributed by atoms with van der Waals surface area (Å²) in [5.74, 6) is 1.27. The maximum absolute atomic E-state index is 13.0. The number of aromatic nitrogens is 2. The van der Waals surface area contributed by atoms with Crippen molar-refractivity contribution < 1.29 is 4.79 Å². The second-order valence-corrected chi connectivity index (χ2v) is 7.65. The molecule has 1 unspecified atom stereocenters. The van der Waals surface area contributed by atoms with E-state index in [0.717, 1.165) is 56.6 Å². The molecule has 1 saturated heterocycles. The molecule has 130 valence electrons. The van der Waals surface area contributed by atoms with Gasteiger partial charge in [0.2, 0.25) is 0 Å². The topological polar surface area (TPSA) is 38.1 Å². The minimum absolute atomic E-state index is 0.223. The van der Waals surface area contributed by atoms with E-state index in [9.17, 15) is 4.79 Å². The maximum atomic E-state index is 13.0. The van der Waals surface area contributed by atoms with Crippen LogP contribution in [0.4, 0.5) is 0 Å². The number of amides is 1. The molecule has 0 spiro atoms. The maximum Gasteiger partial charge on any atom is 0.254 e. The van der Waals surface area contributed by atoms with Crippen LogP contribution >= 0.6 is 11.3 Å².